The fourth-order valence-electron chi connectivity index (χ4n) is 1.80. The minimum atomic E-state index is -0.816. The number of nitrogens with one attached hydrogen (secondary N) is 1. The zero-order chi connectivity index (χ0) is 13.4. The van der Waals surface area contributed by atoms with Crippen LogP contribution in [0.1, 0.15) is 6.92 Å². The minimum Gasteiger partial charge on any atom is -0.393 e. The van der Waals surface area contributed by atoms with Crippen molar-refractivity contribution in [2.24, 2.45) is 0 Å². The molecule has 8 heteroatoms. The molecular weight excluding hydrogens is 240 g/mol. The van der Waals surface area contributed by atoms with Crippen LogP contribution in [0.4, 0.5) is 11.4 Å². The molecule has 2 aromatic rings. The number of anilines is 1. The maximum Gasteiger partial charge on any atom is 0.316 e. The van der Waals surface area contributed by atoms with Crippen molar-refractivity contribution in [2.45, 2.75) is 13.5 Å². The van der Waals surface area contributed by atoms with Gasteiger partial charge in [0.2, 0.25) is 0 Å². The third-order valence-corrected chi connectivity index (χ3v) is 2.64. The number of fused-ring (bicyclic) bond motifs is 1. The molecule has 0 aliphatic carbocycles. The van der Waals surface area contributed by atoms with E-state index < -0.39 is 16.0 Å². The number of H-pyrrole nitrogens is 1. The highest BCUT2D eigenvalue weighted by Crippen LogP contribution is 2.25. The monoisotopic (exact) mass is 250 g/mol. The van der Waals surface area contributed by atoms with Gasteiger partial charge in [-0.2, -0.15) is 0 Å². The van der Waals surface area contributed by atoms with Crippen LogP contribution in [0.25, 0.3) is 11.0 Å². The van der Waals surface area contributed by atoms with E-state index in [9.17, 15) is 19.7 Å². The van der Waals surface area contributed by atoms with Gasteiger partial charge in [-0.15, -0.1) is 0 Å². The molecule has 0 unspecified atom stereocenters. The van der Waals surface area contributed by atoms with Crippen LogP contribution in [-0.4, -0.2) is 14.5 Å². The van der Waals surface area contributed by atoms with Gasteiger partial charge in [0.15, 0.2) is 0 Å². The van der Waals surface area contributed by atoms with Gasteiger partial charge in [0.05, 0.1) is 16.0 Å². The van der Waals surface area contributed by atoms with Gasteiger partial charge in [-0.1, -0.05) is 0 Å². The molecule has 2 rings (SSSR count). The number of rotatable bonds is 2. The summed E-state index contributed by atoms with van der Waals surface area (Å²) in [7, 11) is 0. The number of nitrogens with two attached hydrogens (primary N) is 1. The predicted octanol–water partition coefficient (Wildman–Crippen LogP) is 0.200. The van der Waals surface area contributed by atoms with E-state index in [1.807, 2.05) is 0 Å². The Morgan fingerprint density at radius 1 is 1.44 bits per heavy atom. The number of nitrogen functional groups attached to an aromatic ring is 1. The Kier molecular flexibility index (Phi) is 2.62. The third-order valence-electron chi connectivity index (χ3n) is 2.64. The summed E-state index contributed by atoms with van der Waals surface area (Å²) in [5, 5.41) is 10.7. The quantitative estimate of drug-likeness (QED) is 0.341. The van der Waals surface area contributed by atoms with Crippen molar-refractivity contribution in [2.75, 3.05) is 5.73 Å². The number of nitro benzene ring substituents is 1. The van der Waals surface area contributed by atoms with E-state index in [0.717, 1.165) is 6.07 Å². The zero-order valence-electron chi connectivity index (χ0n) is 9.47. The lowest BCUT2D eigenvalue weighted by molar-refractivity contribution is -0.383. The number of nitro groups is 1. The molecule has 0 saturated heterocycles. The Balaban J connectivity index is 2.98. The second kappa shape index (κ2) is 3.99. The minimum absolute atomic E-state index is 0.0545. The number of aryl methyl sites for hydroxylation is 1. The first kappa shape index (κ1) is 11.8. The van der Waals surface area contributed by atoms with E-state index in [1.54, 1.807) is 6.92 Å². The number of nitrogens with zero attached hydrogens (tertiary/aromatic N) is 2. The summed E-state index contributed by atoms with van der Waals surface area (Å²) in [5.41, 5.74) is 4.24. The number of aromatic nitrogens is 2. The molecule has 0 saturated carbocycles. The highest BCUT2D eigenvalue weighted by molar-refractivity contribution is 5.83. The summed E-state index contributed by atoms with van der Waals surface area (Å²) in [6.07, 6.45) is 0. The SMILES string of the molecule is CCn1c(=O)c(=O)[nH]c2cc([N+](=O)[O-])c(N)cc21. The predicted molar refractivity (Wildman–Crippen MR) is 65.6 cm³/mol. The maximum atomic E-state index is 11.6. The van der Waals surface area contributed by atoms with E-state index in [0.29, 0.717) is 5.52 Å². The molecule has 0 fully saturated rings. The second-order valence-electron chi connectivity index (χ2n) is 3.69. The standard InChI is InChI=1S/C10H10N4O4/c1-2-13-8-3-5(11)7(14(17)18)4-6(8)12-9(15)10(13)16/h3-4H,2,11H2,1H3,(H,12,15). The number of hydrogen-bond acceptors (Lipinski definition) is 5. The molecule has 0 aliphatic heterocycles. The molecule has 0 bridgehead atoms. The largest absolute Gasteiger partial charge is 0.393 e. The lowest BCUT2D eigenvalue weighted by Gasteiger charge is -2.07. The van der Waals surface area contributed by atoms with Gasteiger partial charge in [0.1, 0.15) is 5.69 Å². The van der Waals surface area contributed by atoms with Crippen LogP contribution in [0.15, 0.2) is 21.7 Å². The van der Waals surface area contributed by atoms with E-state index in [1.165, 1.54) is 10.6 Å². The molecule has 0 spiro atoms. The fraction of sp³-hybridized carbons (Fsp3) is 0.200. The first-order chi connectivity index (χ1) is 8.45. The van der Waals surface area contributed by atoms with Gasteiger partial charge >= 0.3 is 11.1 Å². The normalized spacial score (nSPS) is 10.7. The molecule has 1 heterocycles. The maximum absolute atomic E-state index is 11.6. The highest BCUT2D eigenvalue weighted by Gasteiger charge is 2.15. The van der Waals surface area contributed by atoms with Crippen LogP contribution in [0.3, 0.4) is 0 Å². The summed E-state index contributed by atoms with van der Waals surface area (Å²) < 4.78 is 1.22. The molecular formula is C10H10N4O4. The van der Waals surface area contributed by atoms with Crippen LogP contribution < -0.4 is 16.9 Å². The van der Waals surface area contributed by atoms with Crippen LogP contribution in [0.2, 0.25) is 0 Å². The van der Waals surface area contributed by atoms with Gasteiger partial charge in [-0.05, 0) is 13.0 Å². The average molecular weight is 250 g/mol. The summed E-state index contributed by atoms with van der Waals surface area (Å²) in [6, 6.07) is 2.46. The van der Waals surface area contributed by atoms with E-state index in [4.69, 9.17) is 5.73 Å². The third kappa shape index (κ3) is 1.63. The molecule has 0 aliphatic rings. The Morgan fingerprint density at radius 2 is 2.11 bits per heavy atom. The van der Waals surface area contributed by atoms with Crippen molar-refractivity contribution in [1.29, 1.82) is 0 Å². The Bertz CT molecular complexity index is 759. The lowest BCUT2D eigenvalue weighted by Crippen LogP contribution is -2.36. The van der Waals surface area contributed by atoms with Crippen LogP contribution in [0, 0.1) is 10.1 Å². The highest BCUT2D eigenvalue weighted by atomic mass is 16.6. The van der Waals surface area contributed by atoms with Gasteiger partial charge in [-0.3, -0.25) is 19.7 Å². The Labute approximate surface area is 99.8 Å². The van der Waals surface area contributed by atoms with Crippen molar-refractivity contribution < 1.29 is 4.92 Å². The van der Waals surface area contributed by atoms with Gasteiger partial charge in [0.25, 0.3) is 5.69 Å². The number of benzene rings is 1. The molecule has 8 nitrogen and oxygen atoms in total. The molecule has 3 N–H and O–H groups in total. The summed E-state index contributed by atoms with van der Waals surface area (Å²) in [5.74, 6) is 0. The van der Waals surface area contributed by atoms with Crippen LogP contribution in [0.5, 0.6) is 0 Å². The Morgan fingerprint density at radius 3 is 2.67 bits per heavy atom. The van der Waals surface area contributed by atoms with Crippen molar-refractivity contribution >= 4 is 22.4 Å². The molecule has 18 heavy (non-hydrogen) atoms. The second-order valence-corrected chi connectivity index (χ2v) is 3.69. The molecule has 1 aromatic heterocycles. The average Bonchev–Trinajstić information content (AvgIpc) is 2.31. The molecule has 0 radical (unpaired) electrons. The number of hydrogen-bond donors (Lipinski definition) is 2. The van der Waals surface area contributed by atoms with Crippen molar-refractivity contribution in [3.63, 3.8) is 0 Å². The molecule has 0 atom stereocenters. The molecule has 0 amide bonds. The molecule has 94 valence electrons. The van der Waals surface area contributed by atoms with E-state index in [2.05, 4.69) is 4.98 Å². The van der Waals surface area contributed by atoms with Crippen molar-refractivity contribution in [1.82, 2.24) is 9.55 Å². The molecule has 1 aromatic carbocycles. The summed E-state index contributed by atoms with van der Waals surface area (Å²) in [6.45, 7) is 1.97. The lowest BCUT2D eigenvalue weighted by atomic mass is 10.2. The summed E-state index contributed by atoms with van der Waals surface area (Å²) in [4.78, 5) is 35.4. The summed E-state index contributed by atoms with van der Waals surface area (Å²) >= 11 is 0. The fourth-order valence-corrected chi connectivity index (χ4v) is 1.80. The van der Waals surface area contributed by atoms with E-state index >= 15 is 0 Å². The smallest absolute Gasteiger partial charge is 0.316 e. The van der Waals surface area contributed by atoms with Crippen LogP contribution >= 0.6 is 0 Å². The van der Waals surface area contributed by atoms with E-state index in [-0.39, 0.29) is 23.4 Å². The zero-order valence-corrected chi connectivity index (χ0v) is 9.47. The van der Waals surface area contributed by atoms with Gasteiger partial charge < -0.3 is 15.3 Å². The first-order valence-electron chi connectivity index (χ1n) is 5.16. The van der Waals surface area contributed by atoms with Crippen LogP contribution in [-0.2, 0) is 6.54 Å². The Hall–Kier alpha value is -2.64. The van der Waals surface area contributed by atoms with Gasteiger partial charge in [0, 0.05) is 12.6 Å². The first-order valence-corrected chi connectivity index (χ1v) is 5.16. The van der Waals surface area contributed by atoms with Crippen molar-refractivity contribution in [3.05, 3.63) is 43.0 Å². The van der Waals surface area contributed by atoms with Crippen molar-refractivity contribution in [3.8, 4) is 0 Å². The van der Waals surface area contributed by atoms with Gasteiger partial charge in [-0.25, -0.2) is 0 Å². The number of aromatic amines is 1. The topological polar surface area (TPSA) is 124 Å².